The van der Waals surface area contributed by atoms with E-state index in [-0.39, 0.29) is 0 Å². The van der Waals surface area contributed by atoms with E-state index in [4.69, 9.17) is 0 Å². The molecule has 0 radical (unpaired) electrons. The summed E-state index contributed by atoms with van der Waals surface area (Å²) in [5.74, 6) is 0.0530. The van der Waals surface area contributed by atoms with Gasteiger partial charge in [-0.1, -0.05) is 17.7 Å². The Morgan fingerprint density at radius 2 is 2.04 bits per heavy atom. The second kappa shape index (κ2) is 8.15. The molecule has 0 aliphatic rings. The van der Waals surface area contributed by atoms with Crippen molar-refractivity contribution >= 4 is 28.4 Å². The molecule has 0 aliphatic carbocycles. The molecule has 0 unspecified atom stereocenters. The maximum atomic E-state index is 13.1. The second-order valence-electron chi connectivity index (χ2n) is 6.01. The van der Waals surface area contributed by atoms with Crippen molar-refractivity contribution in [1.29, 1.82) is 5.26 Å². The van der Waals surface area contributed by atoms with Gasteiger partial charge in [-0.2, -0.15) is 5.26 Å². The Morgan fingerprint density at radius 3 is 2.81 bits per heavy atom. The van der Waals surface area contributed by atoms with Gasteiger partial charge in [-0.05, 0) is 43.3 Å². The van der Waals surface area contributed by atoms with Crippen LogP contribution in [0.2, 0.25) is 0 Å². The quantitative estimate of drug-likeness (QED) is 0.602. The lowest BCUT2D eigenvalue weighted by Crippen LogP contribution is -2.32. The van der Waals surface area contributed by atoms with Crippen LogP contribution in [0, 0.1) is 24.1 Å². The van der Waals surface area contributed by atoms with Gasteiger partial charge >= 0.3 is 6.03 Å². The van der Waals surface area contributed by atoms with Gasteiger partial charge in [0.15, 0.2) is 0 Å². The molecule has 1 heterocycles. The van der Waals surface area contributed by atoms with E-state index in [9.17, 15) is 14.4 Å². The van der Waals surface area contributed by atoms with Crippen LogP contribution in [0.25, 0.3) is 10.9 Å². The van der Waals surface area contributed by atoms with Crippen molar-refractivity contribution in [3.05, 3.63) is 65.5 Å². The molecular weight excluding hydrogens is 345 g/mol. The number of amides is 2. The molecule has 0 saturated carbocycles. The maximum absolute atomic E-state index is 13.1. The van der Waals surface area contributed by atoms with E-state index in [1.54, 1.807) is 12.1 Å². The zero-order valence-electron chi connectivity index (χ0n) is 14.7. The molecule has 7 heteroatoms. The number of carbonyl (C=O) groups is 1. The number of nitrogens with one attached hydrogen (secondary N) is 3. The fraction of sp³-hybridized carbons (Fsp3) is 0.150. The van der Waals surface area contributed by atoms with Crippen LogP contribution < -0.4 is 16.0 Å². The Kier molecular flexibility index (Phi) is 5.47. The van der Waals surface area contributed by atoms with E-state index in [2.05, 4.69) is 27.0 Å². The lowest BCUT2D eigenvalue weighted by Gasteiger charge is -2.11. The second-order valence-corrected chi connectivity index (χ2v) is 6.01. The van der Waals surface area contributed by atoms with Crippen LogP contribution in [-0.4, -0.2) is 24.1 Å². The van der Waals surface area contributed by atoms with Crippen LogP contribution in [0.3, 0.4) is 0 Å². The highest BCUT2D eigenvalue weighted by Gasteiger charge is 2.07. The number of halogens is 1. The molecule has 0 spiro atoms. The normalized spacial score (nSPS) is 10.3. The highest BCUT2D eigenvalue weighted by atomic mass is 19.1. The van der Waals surface area contributed by atoms with E-state index >= 15 is 0 Å². The largest absolute Gasteiger partial charge is 0.367 e. The fourth-order valence-electron chi connectivity index (χ4n) is 2.61. The first kappa shape index (κ1) is 18.1. The minimum Gasteiger partial charge on any atom is -0.367 e. The Bertz CT molecular complexity index is 1030. The summed E-state index contributed by atoms with van der Waals surface area (Å²) in [7, 11) is 0. The molecule has 1 aromatic heterocycles. The number of hydrogen-bond acceptors (Lipinski definition) is 4. The van der Waals surface area contributed by atoms with Crippen LogP contribution in [0.4, 0.5) is 20.7 Å². The summed E-state index contributed by atoms with van der Waals surface area (Å²) in [4.78, 5) is 16.3. The van der Waals surface area contributed by atoms with Gasteiger partial charge in [-0.3, -0.25) is 0 Å². The Balaban J connectivity index is 1.56. The van der Waals surface area contributed by atoms with Gasteiger partial charge < -0.3 is 16.0 Å². The number of nitrogens with zero attached hydrogens (tertiary/aromatic N) is 2. The third-order valence-electron chi connectivity index (χ3n) is 3.88. The van der Waals surface area contributed by atoms with E-state index in [1.807, 2.05) is 25.1 Å². The van der Waals surface area contributed by atoms with Crippen LogP contribution >= 0.6 is 0 Å². The first-order valence-corrected chi connectivity index (χ1v) is 8.41. The number of hydrogen-bond donors (Lipinski definition) is 3. The lowest BCUT2D eigenvalue weighted by atomic mass is 10.1. The molecule has 6 nitrogen and oxygen atoms in total. The van der Waals surface area contributed by atoms with Gasteiger partial charge in [0.2, 0.25) is 0 Å². The predicted octanol–water partition coefficient (Wildman–Crippen LogP) is 3.79. The topological polar surface area (TPSA) is 89.8 Å². The number of aromatic nitrogens is 1. The zero-order chi connectivity index (χ0) is 19.2. The monoisotopic (exact) mass is 363 g/mol. The Hall–Kier alpha value is -3.66. The van der Waals surface area contributed by atoms with Crippen molar-refractivity contribution in [1.82, 2.24) is 10.3 Å². The van der Waals surface area contributed by atoms with E-state index in [0.717, 1.165) is 16.5 Å². The standard InChI is InChI=1S/C20H18FN5O/c1-13-5-6-18-14(9-13)10-15(12-22)19(26-18)23-7-8-24-20(27)25-17-4-2-3-16(21)11-17/h2-6,9-11H,7-8H2,1H3,(H,23,26)(H2,24,25,27). The molecule has 3 rings (SSSR count). The fourth-order valence-corrected chi connectivity index (χ4v) is 2.61. The highest BCUT2D eigenvalue weighted by Crippen LogP contribution is 2.20. The van der Waals surface area contributed by atoms with Crippen LogP contribution in [0.1, 0.15) is 11.1 Å². The number of rotatable bonds is 5. The molecule has 0 fully saturated rings. The zero-order valence-corrected chi connectivity index (χ0v) is 14.7. The number of fused-ring (bicyclic) bond motifs is 1. The van der Waals surface area contributed by atoms with Crippen molar-refractivity contribution in [2.45, 2.75) is 6.92 Å². The molecule has 0 atom stereocenters. The number of nitriles is 1. The summed E-state index contributed by atoms with van der Waals surface area (Å²) in [5.41, 5.74) is 2.71. The lowest BCUT2D eigenvalue weighted by molar-refractivity contribution is 0.252. The third-order valence-corrected chi connectivity index (χ3v) is 3.88. The number of benzene rings is 2. The third kappa shape index (κ3) is 4.70. The molecule has 2 aromatic carbocycles. The molecule has 0 aliphatic heterocycles. The number of urea groups is 1. The molecule has 2 amide bonds. The summed E-state index contributed by atoms with van der Waals surface area (Å²) in [6.45, 7) is 2.67. The maximum Gasteiger partial charge on any atom is 0.319 e. The number of carbonyl (C=O) groups excluding carboxylic acids is 1. The summed E-state index contributed by atoms with van der Waals surface area (Å²) >= 11 is 0. The number of pyridine rings is 1. The minimum atomic E-state index is -0.440. The summed E-state index contributed by atoms with van der Waals surface area (Å²) < 4.78 is 13.1. The van der Waals surface area contributed by atoms with Gasteiger partial charge in [0.05, 0.1) is 11.1 Å². The number of anilines is 2. The van der Waals surface area contributed by atoms with Crippen molar-refractivity contribution < 1.29 is 9.18 Å². The molecule has 0 saturated heterocycles. The van der Waals surface area contributed by atoms with Gasteiger partial charge in [-0.15, -0.1) is 0 Å². The average Bonchev–Trinajstić information content (AvgIpc) is 2.64. The SMILES string of the molecule is Cc1ccc2nc(NCCNC(=O)Nc3cccc(F)c3)c(C#N)cc2c1. The van der Waals surface area contributed by atoms with Gasteiger partial charge in [0.1, 0.15) is 17.7 Å². The van der Waals surface area contributed by atoms with Crippen LogP contribution in [0.5, 0.6) is 0 Å². The van der Waals surface area contributed by atoms with Gasteiger partial charge in [0, 0.05) is 24.2 Å². The van der Waals surface area contributed by atoms with E-state index in [1.165, 1.54) is 18.2 Å². The Labute approximate surface area is 156 Å². The molecular formula is C20H18FN5O. The minimum absolute atomic E-state index is 0.305. The molecule has 0 bridgehead atoms. The first-order valence-electron chi connectivity index (χ1n) is 8.41. The molecule has 3 N–H and O–H groups in total. The van der Waals surface area contributed by atoms with Gasteiger partial charge in [0.25, 0.3) is 0 Å². The van der Waals surface area contributed by atoms with E-state index in [0.29, 0.717) is 30.2 Å². The first-order chi connectivity index (χ1) is 13.0. The van der Waals surface area contributed by atoms with E-state index < -0.39 is 11.8 Å². The van der Waals surface area contributed by atoms with Crippen LogP contribution in [-0.2, 0) is 0 Å². The molecule has 3 aromatic rings. The molecule has 27 heavy (non-hydrogen) atoms. The molecule has 136 valence electrons. The highest BCUT2D eigenvalue weighted by molar-refractivity contribution is 5.89. The van der Waals surface area contributed by atoms with Crippen molar-refractivity contribution in [2.24, 2.45) is 0 Å². The summed E-state index contributed by atoms with van der Waals surface area (Å²) in [5, 5.41) is 18.5. The van der Waals surface area contributed by atoms with Crippen molar-refractivity contribution in [2.75, 3.05) is 23.7 Å². The summed E-state index contributed by atoms with van der Waals surface area (Å²) in [6, 6.07) is 15.0. The Morgan fingerprint density at radius 1 is 1.19 bits per heavy atom. The van der Waals surface area contributed by atoms with Gasteiger partial charge in [-0.25, -0.2) is 14.2 Å². The summed E-state index contributed by atoms with van der Waals surface area (Å²) in [6.07, 6.45) is 0. The van der Waals surface area contributed by atoms with Crippen LogP contribution in [0.15, 0.2) is 48.5 Å². The smallest absolute Gasteiger partial charge is 0.319 e. The van der Waals surface area contributed by atoms with Crippen molar-refractivity contribution in [3.63, 3.8) is 0 Å². The van der Waals surface area contributed by atoms with Crippen molar-refractivity contribution in [3.8, 4) is 6.07 Å². The predicted molar refractivity (Wildman–Crippen MR) is 103 cm³/mol. The average molecular weight is 363 g/mol. The number of aryl methyl sites for hydroxylation is 1.